The Labute approximate surface area is 122 Å². The van der Waals surface area contributed by atoms with Crippen molar-refractivity contribution < 1.29 is 0 Å². The number of aromatic nitrogens is 2. The van der Waals surface area contributed by atoms with Gasteiger partial charge in [-0.3, -0.25) is 0 Å². The molecule has 2 aromatic heterocycles. The van der Waals surface area contributed by atoms with E-state index in [0.29, 0.717) is 11.7 Å². The Kier molecular flexibility index (Phi) is 3.84. The van der Waals surface area contributed by atoms with Gasteiger partial charge in [0.05, 0.1) is 6.54 Å². The number of nitrogens with zero attached hydrogens (tertiary/aromatic N) is 2. The van der Waals surface area contributed by atoms with E-state index in [2.05, 4.69) is 39.1 Å². The molecule has 2 heterocycles. The number of rotatable bonds is 6. The molecule has 106 valence electrons. The number of anilines is 2. The summed E-state index contributed by atoms with van der Waals surface area (Å²) >= 11 is 1.78. The molecular formula is C14H19N5S. The molecule has 0 aromatic carbocycles. The Morgan fingerprint density at radius 1 is 1.35 bits per heavy atom. The molecule has 0 bridgehead atoms. The molecule has 0 unspecified atom stereocenters. The maximum absolute atomic E-state index is 5.48. The first-order valence-corrected chi connectivity index (χ1v) is 7.82. The van der Waals surface area contributed by atoms with Crippen molar-refractivity contribution in [3.63, 3.8) is 0 Å². The molecule has 0 atom stereocenters. The van der Waals surface area contributed by atoms with E-state index >= 15 is 0 Å². The molecule has 0 spiro atoms. The van der Waals surface area contributed by atoms with Gasteiger partial charge in [0.25, 0.3) is 0 Å². The third-order valence-corrected chi connectivity index (χ3v) is 4.45. The first-order valence-electron chi connectivity index (χ1n) is 6.95. The molecule has 4 N–H and O–H groups in total. The van der Waals surface area contributed by atoms with Crippen LogP contribution in [0.3, 0.4) is 0 Å². The second kappa shape index (κ2) is 5.76. The van der Waals surface area contributed by atoms with Crippen LogP contribution < -0.4 is 16.6 Å². The van der Waals surface area contributed by atoms with Gasteiger partial charge in [-0.1, -0.05) is 6.92 Å². The highest BCUT2D eigenvalue weighted by Gasteiger charge is 2.27. The van der Waals surface area contributed by atoms with Crippen LogP contribution in [0, 0.1) is 0 Å². The van der Waals surface area contributed by atoms with E-state index in [1.807, 2.05) is 6.07 Å². The number of nitrogens with two attached hydrogens (primary N) is 1. The minimum absolute atomic E-state index is 0.511. The lowest BCUT2D eigenvalue weighted by molar-refractivity contribution is 0.920. The van der Waals surface area contributed by atoms with Gasteiger partial charge in [0.15, 0.2) is 0 Å². The summed E-state index contributed by atoms with van der Waals surface area (Å²) in [5, 5.41) is 5.52. The molecule has 0 aliphatic heterocycles. The minimum Gasteiger partial charge on any atom is -0.365 e. The number of aryl methyl sites for hydroxylation is 1. The summed E-state index contributed by atoms with van der Waals surface area (Å²) in [4.78, 5) is 10.4. The summed E-state index contributed by atoms with van der Waals surface area (Å²) in [5.41, 5.74) is 4.02. The van der Waals surface area contributed by atoms with Crippen LogP contribution in [0.25, 0.3) is 0 Å². The first kappa shape index (κ1) is 13.3. The summed E-state index contributed by atoms with van der Waals surface area (Å²) in [7, 11) is 0. The van der Waals surface area contributed by atoms with Gasteiger partial charge in [-0.2, -0.15) is 0 Å². The third-order valence-electron chi connectivity index (χ3n) is 3.48. The number of hydrogen-bond donors (Lipinski definition) is 3. The van der Waals surface area contributed by atoms with E-state index in [9.17, 15) is 0 Å². The van der Waals surface area contributed by atoms with E-state index in [0.717, 1.165) is 24.6 Å². The first-order chi connectivity index (χ1) is 9.80. The zero-order chi connectivity index (χ0) is 13.9. The number of nitrogen functional groups attached to an aromatic ring is 1. The summed E-state index contributed by atoms with van der Waals surface area (Å²) in [6.07, 6.45) is 3.42. The molecule has 1 aliphatic rings. The zero-order valence-corrected chi connectivity index (χ0v) is 12.3. The minimum atomic E-state index is 0.511. The monoisotopic (exact) mass is 289 g/mol. The molecule has 0 radical (unpaired) electrons. The maximum Gasteiger partial charge on any atom is 0.145 e. The highest BCUT2D eigenvalue weighted by Crippen LogP contribution is 2.38. The van der Waals surface area contributed by atoms with Gasteiger partial charge in [-0.25, -0.2) is 15.8 Å². The van der Waals surface area contributed by atoms with E-state index in [1.54, 1.807) is 11.3 Å². The molecule has 1 aliphatic carbocycles. The molecule has 2 aromatic rings. The van der Waals surface area contributed by atoms with Gasteiger partial charge in [-0.05, 0) is 36.3 Å². The summed E-state index contributed by atoms with van der Waals surface area (Å²) in [5.74, 6) is 8.39. The van der Waals surface area contributed by atoms with Crippen LogP contribution in [0.4, 0.5) is 11.6 Å². The number of hydrazine groups is 1. The fraction of sp³-hybridized carbons (Fsp3) is 0.429. The van der Waals surface area contributed by atoms with Crippen molar-refractivity contribution in [1.29, 1.82) is 0 Å². The average molecular weight is 289 g/mol. The van der Waals surface area contributed by atoms with Crippen LogP contribution in [0.15, 0.2) is 17.5 Å². The fourth-order valence-corrected chi connectivity index (χ4v) is 3.08. The second-order valence-electron chi connectivity index (χ2n) is 4.99. The Morgan fingerprint density at radius 2 is 2.15 bits per heavy atom. The van der Waals surface area contributed by atoms with E-state index in [-0.39, 0.29) is 0 Å². The highest BCUT2D eigenvalue weighted by molar-refractivity contribution is 7.10. The summed E-state index contributed by atoms with van der Waals surface area (Å²) < 4.78 is 0. The lowest BCUT2D eigenvalue weighted by atomic mass is 10.2. The van der Waals surface area contributed by atoms with Gasteiger partial charge in [0.2, 0.25) is 0 Å². The Hall–Kier alpha value is -1.66. The largest absolute Gasteiger partial charge is 0.365 e. The maximum atomic E-state index is 5.48. The Balaban J connectivity index is 1.74. The molecule has 1 fully saturated rings. The van der Waals surface area contributed by atoms with Crippen molar-refractivity contribution in [2.45, 2.75) is 38.6 Å². The van der Waals surface area contributed by atoms with Gasteiger partial charge < -0.3 is 10.7 Å². The standard InChI is InChI=1S/C14H19N5S/c1-2-9-5-6-20-11(9)8-16-12-7-13(19-15)18-14(17-12)10-3-4-10/h5-7,10H,2-4,8,15H2,1H3,(H2,16,17,18,19). The Bertz CT molecular complexity index is 591. The molecule has 3 rings (SSSR count). The van der Waals surface area contributed by atoms with Gasteiger partial charge in [0.1, 0.15) is 17.5 Å². The molecular weight excluding hydrogens is 270 g/mol. The van der Waals surface area contributed by atoms with Crippen LogP contribution in [-0.4, -0.2) is 9.97 Å². The third kappa shape index (κ3) is 2.91. The molecule has 20 heavy (non-hydrogen) atoms. The quantitative estimate of drug-likeness (QED) is 0.563. The van der Waals surface area contributed by atoms with Gasteiger partial charge in [0, 0.05) is 16.9 Å². The average Bonchev–Trinajstić information content (AvgIpc) is 3.24. The smallest absolute Gasteiger partial charge is 0.145 e. The lowest BCUT2D eigenvalue weighted by Crippen LogP contribution is -2.12. The normalized spacial score (nSPS) is 14.3. The van der Waals surface area contributed by atoms with Crippen molar-refractivity contribution >= 4 is 23.0 Å². The number of thiophene rings is 1. The van der Waals surface area contributed by atoms with Crippen LogP contribution in [0.5, 0.6) is 0 Å². The van der Waals surface area contributed by atoms with Crippen molar-refractivity contribution in [3.8, 4) is 0 Å². The van der Waals surface area contributed by atoms with Crippen molar-refractivity contribution in [1.82, 2.24) is 9.97 Å². The van der Waals surface area contributed by atoms with Gasteiger partial charge in [-0.15, -0.1) is 11.3 Å². The van der Waals surface area contributed by atoms with Crippen LogP contribution in [-0.2, 0) is 13.0 Å². The molecule has 1 saturated carbocycles. The predicted molar refractivity (Wildman–Crippen MR) is 82.8 cm³/mol. The van der Waals surface area contributed by atoms with Crippen molar-refractivity contribution in [2.75, 3.05) is 10.7 Å². The van der Waals surface area contributed by atoms with E-state index in [1.165, 1.54) is 23.3 Å². The highest BCUT2D eigenvalue weighted by atomic mass is 32.1. The molecule has 0 saturated heterocycles. The van der Waals surface area contributed by atoms with Crippen LogP contribution in [0.1, 0.15) is 41.9 Å². The lowest BCUT2D eigenvalue weighted by Gasteiger charge is -2.09. The fourth-order valence-electron chi connectivity index (χ4n) is 2.16. The van der Waals surface area contributed by atoms with Crippen molar-refractivity contribution in [2.24, 2.45) is 5.84 Å². The summed E-state index contributed by atoms with van der Waals surface area (Å²) in [6.45, 7) is 2.98. The van der Waals surface area contributed by atoms with Gasteiger partial charge >= 0.3 is 0 Å². The Morgan fingerprint density at radius 3 is 2.85 bits per heavy atom. The second-order valence-corrected chi connectivity index (χ2v) is 5.99. The topological polar surface area (TPSA) is 75.9 Å². The van der Waals surface area contributed by atoms with Crippen LogP contribution in [0.2, 0.25) is 0 Å². The number of hydrogen-bond acceptors (Lipinski definition) is 6. The zero-order valence-electron chi connectivity index (χ0n) is 11.5. The summed E-state index contributed by atoms with van der Waals surface area (Å²) in [6, 6.07) is 4.04. The van der Waals surface area contributed by atoms with E-state index < -0.39 is 0 Å². The van der Waals surface area contributed by atoms with Crippen LogP contribution >= 0.6 is 11.3 Å². The SMILES string of the molecule is CCc1ccsc1CNc1cc(NN)nc(C2CC2)n1. The molecule has 5 nitrogen and oxygen atoms in total. The number of nitrogens with one attached hydrogen (secondary N) is 2. The molecule has 0 amide bonds. The molecule has 6 heteroatoms. The predicted octanol–water partition coefficient (Wildman–Crippen LogP) is 2.88. The van der Waals surface area contributed by atoms with Crippen molar-refractivity contribution in [3.05, 3.63) is 33.8 Å². The van der Waals surface area contributed by atoms with E-state index in [4.69, 9.17) is 5.84 Å².